The Balaban J connectivity index is 2.38. The molecule has 0 saturated heterocycles. The molecule has 0 saturated carbocycles. The summed E-state index contributed by atoms with van der Waals surface area (Å²) in [4.78, 5) is 1.05. The predicted octanol–water partition coefficient (Wildman–Crippen LogP) is 4.47. The van der Waals surface area contributed by atoms with Gasteiger partial charge in [0.05, 0.1) is 9.83 Å². The lowest BCUT2D eigenvalue weighted by atomic mass is 9.99. The van der Waals surface area contributed by atoms with Gasteiger partial charge in [0.1, 0.15) is 5.75 Å². The van der Waals surface area contributed by atoms with E-state index in [1.807, 2.05) is 13.0 Å². The summed E-state index contributed by atoms with van der Waals surface area (Å²) in [6, 6.07) is 8.02. The largest absolute Gasteiger partial charge is 0.434 e. The van der Waals surface area contributed by atoms with Crippen molar-refractivity contribution < 1.29 is 13.5 Å². The van der Waals surface area contributed by atoms with Crippen molar-refractivity contribution in [3.8, 4) is 5.75 Å². The lowest BCUT2D eigenvalue weighted by Crippen LogP contribution is -2.15. The number of halogens is 3. The minimum absolute atomic E-state index is 0.117. The molecule has 0 aliphatic carbocycles. The number of hydrogen-bond acceptors (Lipinski definition) is 3. The van der Waals surface area contributed by atoms with Gasteiger partial charge in [0.25, 0.3) is 0 Å². The second-order valence-electron chi connectivity index (χ2n) is 3.96. The van der Waals surface area contributed by atoms with E-state index < -0.39 is 12.7 Å². The molecule has 2 rings (SSSR count). The van der Waals surface area contributed by atoms with E-state index in [2.05, 4.69) is 20.7 Å². The summed E-state index contributed by atoms with van der Waals surface area (Å²) in [5, 5.41) is 0. The van der Waals surface area contributed by atoms with E-state index in [0.29, 0.717) is 5.56 Å². The molecular formula is C13H12BrF2NOS. The minimum Gasteiger partial charge on any atom is -0.434 e. The Morgan fingerprint density at radius 1 is 1.26 bits per heavy atom. The Morgan fingerprint density at radius 3 is 2.53 bits per heavy atom. The summed E-state index contributed by atoms with van der Waals surface area (Å²) < 4.78 is 30.2. The minimum atomic E-state index is -2.86. The van der Waals surface area contributed by atoms with Crippen molar-refractivity contribution in [2.24, 2.45) is 5.73 Å². The van der Waals surface area contributed by atoms with Gasteiger partial charge in [-0.25, -0.2) is 0 Å². The molecule has 0 radical (unpaired) electrons. The molecule has 1 aromatic carbocycles. The Morgan fingerprint density at radius 2 is 1.95 bits per heavy atom. The lowest BCUT2D eigenvalue weighted by Gasteiger charge is -2.16. The van der Waals surface area contributed by atoms with Crippen LogP contribution in [0.5, 0.6) is 5.75 Å². The summed E-state index contributed by atoms with van der Waals surface area (Å²) in [7, 11) is 0. The van der Waals surface area contributed by atoms with E-state index in [0.717, 1.165) is 14.2 Å². The molecule has 0 spiro atoms. The number of nitrogens with two attached hydrogens (primary N) is 1. The number of ether oxygens (including phenoxy) is 1. The van der Waals surface area contributed by atoms with E-state index in [4.69, 9.17) is 5.73 Å². The van der Waals surface area contributed by atoms with Gasteiger partial charge in [0.15, 0.2) is 0 Å². The molecule has 1 aromatic heterocycles. The third-order valence-corrected chi connectivity index (χ3v) is 4.30. The summed E-state index contributed by atoms with van der Waals surface area (Å²) in [5.74, 6) is 0.117. The van der Waals surface area contributed by atoms with Crippen molar-refractivity contribution in [3.05, 3.63) is 50.1 Å². The maximum atomic E-state index is 12.4. The van der Waals surface area contributed by atoms with E-state index in [1.54, 1.807) is 29.5 Å². The summed E-state index contributed by atoms with van der Waals surface area (Å²) in [6.45, 7) is -0.912. The van der Waals surface area contributed by atoms with Crippen LogP contribution in [0.3, 0.4) is 0 Å². The van der Waals surface area contributed by atoms with Crippen LogP contribution in [0.15, 0.2) is 34.1 Å². The van der Waals surface area contributed by atoms with E-state index >= 15 is 0 Å². The first kappa shape index (κ1) is 14.4. The molecule has 0 fully saturated rings. The average molecular weight is 348 g/mol. The smallest absolute Gasteiger partial charge is 0.387 e. The first-order valence-corrected chi connectivity index (χ1v) is 7.15. The molecule has 1 atom stereocenters. The first-order valence-electron chi connectivity index (χ1n) is 5.54. The SMILES string of the molecule is Cc1sc(Br)cc1C(N)c1ccccc1OC(F)F. The van der Waals surface area contributed by atoms with Crippen LogP contribution in [0.25, 0.3) is 0 Å². The Hall–Kier alpha value is -0.980. The average Bonchev–Trinajstić information content (AvgIpc) is 2.67. The molecule has 2 aromatic rings. The van der Waals surface area contributed by atoms with E-state index in [9.17, 15) is 8.78 Å². The molecule has 6 heteroatoms. The highest BCUT2D eigenvalue weighted by Crippen LogP contribution is 2.35. The number of thiophene rings is 1. The Bertz CT molecular complexity index is 574. The van der Waals surface area contributed by atoms with Crippen molar-refractivity contribution in [1.82, 2.24) is 0 Å². The first-order chi connectivity index (χ1) is 8.99. The number of para-hydroxylation sites is 1. The Kier molecular flexibility index (Phi) is 4.54. The standard InChI is InChI=1S/C13H12BrF2NOS/c1-7-9(6-11(14)19-7)12(17)8-4-2-3-5-10(8)18-13(15)16/h2-6,12-13H,17H2,1H3. The molecule has 2 nitrogen and oxygen atoms in total. The highest BCUT2D eigenvalue weighted by molar-refractivity contribution is 9.11. The number of rotatable bonds is 4. The van der Waals surface area contributed by atoms with Crippen molar-refractivity contribution in [1.29, 1.82) is 0 Å². The van der Waals surface area contributed by atoms with Gasteiger partial charge in [-0.1, -0.05) is 18.2 Å². The zero-order chi connectivity index (χ0) is 14.0. The maximum absolute atomic E-state index is 12.4. The quantitative estimate of drug-likeness (QED) is 0.885. The van der Waals surface area contributed by atoms with Crippen LogP contribution in [0.2, 0.25) is 0 Å². The van der Waals surface area contributed by atoms with Crippen molar-refractivity contribution in [2.75, 3.05) is 0 Å². The molecule has 1 unspecified atom stereocenters. The lowest BCUT2D eigenvalue weighted by molar-refractivity contribution is -0.0505. The molecule has 1 heterocycles. The summed E-state index contributed by atoms with van der Waals surface area (Å²) in [6.07, 6.45) is 0. The van der Waals surface area contributed by atoms with Gasteiger partial charge in [-0.2, -0.15) is 8.78 Å². The third-order valence-electron chi connectivity index (χ3n) is 2.73. The third kappa shape index (κ3) is 3.32. The zero-order valence-corrected chi connectivity index (χ0v) is 12.5. The predicted molar refractivity (Wildman–Crippen MR) is 75.9 cm³/mol. The van der Waals surface area contributed by atoms with Crippen molar-refractivity contribution in [3.63, 3.8) is 0 Å². The molecule has 0 aliphatic rings. The molecule has 0 bridgehead atoms. The molecule has 19 heavy (non-hydrogen) atoms. The monoisotopic (exact) mass is 347 g/mol. The van der Waals surface area contributed by atoms with Crippen LogP contribution >= 0.6 is 27.3 Å². The van der Waals surface area contributed by atoms with Gasteiger partial charge >= 0.3 is 6.61 Å². The number of benzene rings is 1. The highest BCUT2D eigenvalue weighted by Gasteiger charge is 2.19. The number of aryl methyl sites for hydroxylation is 1. The van der Waals surface area contributed by atoms with E-state index in [1.165, 1.54) is 6.07 Å². The van der Waals surface area contributed by atoms with Gasteiger partial charge in [-0.3, -0.25) is 0 Å². The molecule has 102 valence electrons. The van der Waals surface area contributed by atoms with Gasteiger partial charge in [-0.05, 0) is 40.5 Å². The van der Waals surface area contributed by atoms with Gasteiger partial charge in [-0.15, -0.1) is 11.3 Å². The van der Waals surface area contributed by atoms with Gasteiger partial charge < -0.3 is 10.5 Å². The van der Waals surface area contributed by atoms with Crippen LogP contribution in [0.1, 0.15) is 22.0 Å². The van der Waals surface area contributed by atoms with Crippen molar-refractivity contribution >= 4 is 27.3 Å². The van der Waals surface area contributed by atoms with Gasteiger partial charge in [0.2, 0.25) is 0 Å². The highest BCUT2D eigenvalue weighted by atomic mass is 79.9. The summed E-state index contributed by atoms with van der Waals surface area (Å²) >= 11 is 4.95. The fourth-order valence-electron chi connectivity index (χ4n) is 1.88. The fourth-order valence-corrected chi connectivity index (χ4v) is 3.63. The topological polar surface area (TPSA) is 35.2 Å². The van der Waals surface area contributed by atoms with Crippen LogP contribution < -0.4 is 10.5 Å². The second-order valence-corrected chi connectivity index (χ2v) is 6.59. The molecular weight excluding hydrogens is 336 g/mol. The number of alkyl halides is 2. The second kappa shape index (κ2) is 5.98. The Labute approximate surface area is 122 Å². The van der Waals surface area contributed by atoms with E-state index in [-0.39, 0.29) is 5.75 Å². The van der Waals surface area contributed by atoms with Crippen molar-refractivity contribution in [2.45, 2.75) is 19.6 Å². The fraction of sp³-hybridized carbons (Fsp3) is 0.231. The van der Waals surface area contributed by atoms with Crippen LogP contribution in [-0.4, -0.2) is 6.61 Å². The zero-order valence-electron chi connectivity index (χ0n) is 10.1. The number of hydrogen-bond donors (Lipinski definition) is 1. The van der Waals surface area contributed by atoms with Crippen LogP contribution in [0, 0.1) is 6.92 Å². The maximum Gasteiger partial charge on any atom is 0.387 e. The normalized spacial score (nSPS) is 12.7. The van der Waals surface area contributed by atoms with Crippen LogP contribution in [-0.2, 0) is 0 Å². The van der Waals surface area contributed by atoms with Crippen LogP contribution in [0.4, 0.5) is 8.78 Å². The van der Waals surface area contributed by atoms with Gasteiger partial charge in [0, 0.05) is 10.4 Å². The molecule has 0 amide bonds. The molecule has 0 aliphatic heterocycles. The summed E-state index contributed by atoms with van der Waals surface area (Å²) in [5.41, 5.74) is 7.62. The molecule has 2 N–H and O–H groups in total.